The van der Waals surface area contributed by atoms with E-state index in [0.717, 1.165) is 42.5 Å². The highest BCUT2D eigenvalue weighted by molar-refractivity contribution is 6.05. The number of piperidine rings is 1. The number of nitrogens with one attached hydrogen (secondary N) is 2. The van der Waals surface area contributed by atoms with Gasteiger partial charge in [-0.2, -0.15) is 0 Å². The second-order valence-corrected chi connectivity index (χ2v) is 7.44. The maximum absolute atomic E-state index is 12.7. The Morgan fingerprint density at radius 3 is 2.77 bits per heavy atom. The number of pyridine rings is 1. The molecule has 2 aliphatic heterocycles. The fourth-order valence-corrected chi connectivity index (χ4v) is 4.58. The van der Waals surface area contributed by atoms with Crippen molar-refractivity contribution in [2.24, 2.45) is 0 Å². The first-order valence-corrected chi connectivity index (χ1v) is 9.31. The number of anilines is 2. The number of rotatable bonds is 1. The molecule has 1 fully saturated rings. The van der Waals surface area contributed by atoms with Gasteiger partial charge in [-0.15, -0.1) is 0 Å². The van der Waals surface area contributed by atoms with E-state index in [1.165, 1.54) is 0 Å². The highest BCUT2D eigenvalue weighted by Gasteiger charge is 2.49. The Morgan fingerprint density at radius 2 is 1.92 bits per heavy atom. The molecule has 0 atom stereocenters. The summed E-state index contributed by atoms with van der Waals surface area (Å²) >= 11 is 0. The first-order chi connectivity index (χ1) is 12.7. The monoisotopic (exact) mass is 351 g/mol. The Balaban J connectivity index is 1.42. The van der Waals surface area contributed by atoms with Crippen molar-refractivity contribution >= 4 is 17.7 Å². The zero-order chi connectivity index (χ0) is 17.7. The first-order valence-electron chi connectivity index (χ1n) is 9.31. The van der Waals surface area contributed by atoms with Crippen molar-refractivity contribution in [1.82, 2.24) is 15.0 Å². The lowest BCUT2D eigenvalue weighted by atomic mass is 9.74. The molecule has 1 saturated heterocycles. The summed E-state index contributed by atoms with van der Waals surface area (Å²) in [6, 6.07) is 3.88. The van der Waals surface area contributed by atoms with Gasteiger partial charge in [0, 0.05) is 30.4 Å². The second-order valence-electron chi connectivity index (χ2n) is 7.44. The molecule has 2 N–H and O–H groups in total. The maximum atomic E-state index is 12.7. The third-order valence-corrected chi connectivity index (χ3v) is 6.09. The highest BCUT2D eigenvalue weighted by atomic mass is 16.2. The van der Waals surface area contributed by atoms with Gasteiger partial charge >= 0.3 is 0 Å². The minimum Gasteiger partial charge on any atom is -0.342 e. The van der Waals surface area contributed by atoms with Crippen molar-refractivity contribution in [2.45, 2.75) is 43.9 Å². The Hall–Kier alpha value is -2.70. The van der Waals surface area contributed by atoms with Gasteiger partial charge in [-0.3, -0.25) is 14.6 Å². The number of hydrogen-bond acceptors (Lipinski definition) is 5. The lowest BCUT2D eigenvalue weighted by Gasteiger charge is -2.38. The topological polar surface area (TPSA) is 91.0 Å². The van der Waals surface area contributed by atoms with E-state index in [4.69, 9.17) is 4.98 Å². The summed E-state index contributed by atoms with van der Waals surface area (Å²) in [5.74, 6) is 1.37. The summed E-state index contributed by atoms with van der Waals surface area (Å²) in [6.07, 6.45) is 6.95. The van der Waals surface area contributed by atoms with Gasteiger partial charge in [-0.05, 0) is 44.6 Å². The molecule has 0 aromatic carbocycles. The largest absolute Gasteiger partial charge is 0.342 e. The van der Waals surface area contributed by atoms with Crippen molar-refractivity contribution in [1.29, 1.82) is 0 Å². The van der Waals surface area contributed by atoms with Crippen LogP contribution in [-0.2, 0) is 23.1 Å². The zero-order valence-electron chi connectivity index (χ0n) is 14.5. The Bertz CT molecular complexity index is 943. The standard InChI is InChI=1S/C19H21N5O2/c25-16-12-4-1-2-6-14(12)21-18(23-16)24-10-7-19(8-11-24)13-5-3-9-20-15(13)22-17(19)26/h3,5,9H,1-2,4,6-8,10-11H2,(H,20,22,26)(H,21,23,25). The third-order valence-electron chi connectivity index (χ3n) is 6.09. The number of carbonyl (C=O) groups is 1. The fraction of sp³-hybridized carbons (Fsp3) is 0.474. The number of amides is 1. The Labute approximate surface area is 150 Å². The molecule has 4 heterocycles. The predicted octanol–water partition coefficient (Wildman–Crippen LogP) is 1.53. The van der Waals surface area contributed by atoms with E-state index in [2.05, 4.69) is 20.2 Å². The minimum atomic E-state index is -0.505. The number of aryl methyl sites for hydroxylation is 1. The van der Waals surface area contributed by atoms with Crippen LogP contribution in [0.25, 0.3) is 0 Å². The maximum Gasteiger partial charge on any atom is 0.255 e. The summed E-state index contributed by atoms with van der Waals surface area (Å²) in [7, 11) is 0. The molecule has 26 heavy (non-hydrogen) atoms. The van der Waals surface area contributed by atoms with Gasteiger partial charge in [0.2, 0.25) is 11.9 Å². The van der Waals surface area contributed by atoms with Crippen LogP contribution in [0.4, 0.5) is 11.8 Å². The highest BCUT2D eigenvalue weighted by Crippen LogP contribution is 2.44. The van der Waals surface area contributed by atoms with Crippen LogP contribution < -0.4 is 15.8 Å². The smallest absolute Gasteiger partial charge is 0.255 e. The molecule has 2 aromatic heterocycles. The van der Waals surface area contributed by atoms with Gasteiger partial charge in [-0.1, -0.05) is 6.07 Å². The molecule has 2 aromatic rings. The molecular weight excluding hydrogens is 330 g/mol. The molecule has 0 radical (unpaired) electrons. The van der Waals surface area contributed by atoms with Crippen LogP contribution in [0, 0.1) is 0 Å². The summed E-state index contributed by atoms with van der Waals surface area (Å²) in [4.78, 5) is 39.1. The molecule has 134 valence electrons. The molecule has 1 amide bonds. The van der Waals surface area contributed by atoms with Gasteiger partial charge in [0.1, 0.15) is 5.82 Å². The van der Waals surface area contributed by atoms with Gasteiger partial charge in [0.05, 0.1) is 11.1 Å². The summed E-state index contributed by atoms with van der Waals surface area (Å²) in [6.45, 7) is 1.37. The minimum absolute atomic E-state index is 0.00172. The summed E-state index contributed by atoms with van der Waals surface area (Å²) in [5.41, 5.74) is 2.29. The predicted molar refractivity (Wildman–Crippen MR) is 97.5 cm³/mol. The first kappa shape index (κ1) is 15.5. The molecular formula is C19H21N5O2. The van der Waals surface area contributed by atoms with Crippen LogP contribution in [0.1, 0.15) is 42.5 Å². The van der Waals surface area contributed by atoms with Crippen molar-refractivity contribution in [3.63, 3.8) is 0 Å². The third kappa shape index (κ3) is 2.19. The van der Waals surface area contributed by atoms with Gasteiger partial charge in [0.15, 0.2) is 0 Å². The molecule has 0 saturated carbocycles. The van der Waals surface area contributed by atoms with Gasteiger partial charge < -0.3 is 10.2 Å². The van der Waals surface area contributed by atoms with Crippen LogP contribution in [0.15, 0.2) is 23.1 Å². The van der Waals surface area contributed by atoms with Crippen molar-refractivity contribution in [3.05, 3.63) is 45.5 Å². The molecule has 0 unspecified atom stereocenters. The fourth-order valence-electron chi connectivity index (χ4n) is 4.58. The van der Waals surface area contributed by atoms with Crippen molar-refractivity contribution in [3.8, 4) is 0 Å². The number of aromatic nitrogens is 3. The van der Waals surface area contributed by atoms with E-state index >= 15 is 0 Å². The molecule has 0 bridgehead atoms. The van der Waals surface area contributed by atoms with E-state index < -0.39 is 5.41 Å². The summed E-state index contributed by atoms with van der Waals surface area (Å²) in [5, 5.41) is 2.92. The second kappa shape index (κ2) is 5.65. The normalized spacial score (nSPS) is 20.6. The number of aromatic amines is 1. The molecule has 1 aliphatic carbocycles. The van der Waals surface area contributed by atoms with E-state index in [0.29, 0.717) is 37.7 Å². The van der Waals surface area contributed by atoms with Crippen LogP contribution in [0.3, 0.4) is 0 Å². The van der Waals surface area contributed by atoms with Crippen molar-refractivity contribution in [2.75, 3.05) is 23.3 Å². The lowest BCUT2D eigenvalue weighted by molar-refractivity contribution is -0.121. The molecule has 3 aliphatic rings. The average Bonchev–Trinajstić information content (AvgIpc) is 2.94. The average molecular weight is 351 g/mol. The van der Waals surface area contributed by atoms with Crippen LogP contribution in [0.5, 0.6) is 0 Å². The Morgan fingerprint density at radius 1 is 1.12 bits per heavy atom. The van der Waals surface area contributed by atoms with Gasteiger partial charge in [-0.25, -0.2) is 9.97 Å². The van der Waals surface area contributed by atoms with Crippen molar-refractivity contribution < 1.29 is 4.79 Å². The number of H-pyrrole nitrogens is 1. The number of carbonyl (C=O) groups excluding carboxylic acids is 1. The number of hydrogen-bond donors (Lipinski definition) is 2. The van der Waals surface area contributed by atoms with Gasteiger partial charge in [0.25, 0.3) is 5.56 Å². The quantitative estimate of drug-likeness (QED) is 0.813. The van der Waals surface area contributed by atoms with Crippen LogP contribution >= 0.6 is 0 Å². The lowest BCUT2D eigenvalue weighted by Crippen LogP contribution is -2.47. The molecule has 7 heteroatoms. The van der Waals surface area contributed by atoms with Crippen LogP contribution in [-0.4, -0.2) is 33.9 Å². The number of fused-ring (bicyclic) bond motifs is 3. The van der Waals surface area contributed by atoms with E-state index in [9.17, 15) is 9.59 Å². The summed E-state index contributed by atoms with van der Waals surface area (Å²) < 4.78 is 0. The Kier molecular flexibility index (Phi) is 3.38. The SMILES string of the molecule is O=C1Nc2ncccc2C12CCN(c1nc3c(c(=O)[nH]1)CCCC3)CC2. The number of nitrogens with zero attached hydrogens (tertiary/aromatic N) is 3. The molecule has 5 rings (SSSR count). The molecule has 1 spiro atoms. The van der Waals surface area contributed by atoms with E-state index in [1.54, 1.807) is 6.20 Å². The van der Waals surface area contributed by atoms with E-state index in [-0.39, 0.29) is 11.5 Å². The molecule has 7 nitrogen and oxygen atoms in total. The van der Waals surface area contributed by atoms with E-state index in [1.807, 2.05) is 12.1 Å². The van der Waals surface area contributed by atoms with Crippen LogP contribution in [0.2, 0.25) is 0 Å². The zero-order valence-corrected chi connectivity index (χ0v) is 14.5.